The molecule has 2 amide bonds. The van der Waals surface area contributed by atoms with Crippen LogP contribution in [0.25, 0.3) is 0 Å². The maximum absolute atomic E-state index is 12.3. The molecule has 0 bridgehead atoms. The third-order valence-corrected chi connectivity index (χ3v) is 5.75. The van der Waals surface area contributed by atoms with Gasteiger partial charge in [-0.3, -0.25) is 9.59 Å². The van der Waals surface area contributed by atoms with Gasteiger partial charge in [0, 0.05) is 56.5 Å². The Labute approximate surface area is 186 Å². The van der Waals surface area contributed by atoms with E-state index in [-0.39, 0.29) is 17.6 Å². The standard InChI is InChI=1S/C23H27N5O2S/c1-27(20-7-4-3-5-8-20)15-6-13-24-22(30)18-9-11-19(12-10-18)26-21(29)17-31-23-25-14-16-28(23)2/h3-5,7-12,14,16H,6,13,15,17H2,1-2H3,(H,24,30)(H,26,29). The Hall–Kier alpha value is -3.26. The number of rotatable bonds is 10. The van der Waals surface area contributed by atoms with Crippen molar-refractivity contribution in [3.8, 4) is 0 Å². The van der Waals surface area contributed by atoms with E-state index in [9.17, 15) is 9.59 Å². The van der Waals surface area contributed by atoms with Gasteiger partial charge in [-0.1, -0.05) is 30.0 Å². The molecule has 3 aromatic rings. The average molecular weight is 438 g/mol. The van der Waals surface area contributed by atoms with E-state index in [2.05, 4.69) is 32.7 Å². The summed E-state index contributed by atoms with van der Waals surface area (Å²) in [6, 6.07) is 17.1. The van der Waals surface area contributed by atoms with Crippen LogP contribution in [-0.4, -0.2) is 47.3 Å². The minimum atomic E-state index is -0.120. The number of imidazole rings is 1. The number of aryl methyl sites for hydroxylation is 1. The van der Waals surface area contributed by atoms with Crippen molar-refractivity contribution in [1.29, 1.82) is 0 Å². The number of para-hydroxylation sites is 1. The quantitative estimate of drug-likeness (QED) is 0.375. The number of carbonyl (C=O) groups is 2. The number of benzene rings is 2. The number of nitrogens with zero attached hydrogens (tertiary/aromatic N) is 3. The van der Waals surface area contributed by atoms with E-state index in [1.807, 2.05) is 43.1 Å². The topological polar surface area (TPSA) is 79.3 Å². The molecule has 0 radical (unpaired) electrons. The first-order valence-corrected chi connectivity index (χ1v) is 11.1. The lowest BCUT2D eigenvalue weighted by Crippen LogP contribution is -2.28. The smallest absolute Gasteiger partial charge is 0.251 e. The fraction of sp³-hybridized carbons (Fsp3) is 0.261. The highest BCUT2D eigenvalue weighted by atomic mass is 32.2. The SMILES string of the molecule is CN(CCCNC(=O)c1ccc(NC(=O)CSc2nccn2C)cc1)c1ccccc1. The average Bonchev–Trinajstić information content (AvgIpc) is 3.20. The molecule has 1 aromatic heterocycles. The van der Waals surface area contributed by atoms with E-state index >= 15 is 0 Å². The predicted octanol–water partition coefficient (Wildman–Crippen LogP) is 3.41. The molecule has 8 heteroatoms. The molecule has 0 saturated heterocycles. The van der Waals surface area contributed by atoms with Crippen LogP contribution in [0.1, 0.15) is 16.8 Å². The van der Waals surface area contributed by atoms with Crippen LogP contribution in [0.15, 0.2) is 72.1 Å². The Morgan fingerprint density at radius 1 is 1.10 bits per heavy atom. The summed E-state index contributed by atoms with van der Waals surface area (Å²) in [6.07, 6.45) is 4.38. The number of aromatic nitrogens is 2. The summed E-state index contributed by atoms with van der Waals surface area (Å²) in [6.45, 7) is 1.45. The van der Waals surface area contributed by atoms with Crippen LogP contribution in [0.3, 0.4) is 0 Å². The van der Waals surface area contributed by atoms with Crippen molar-refractivity contribution in [2.75, 3.05) is 36.1 Å². The van der Waals surface area contributed by atoms with E-state index in [4.69, 9.17) is 0 Å². The largest absolute Gasteiger partial charge is 0.375 e. The van der Waals surface area contributed by atoms with Gasteiger partial charge in [-0.25, -0.2) is 4.98 Å². The third-order valence-electron chi connectivity index (χ3n) is 4.69. The van der Waals surface area contributed by atoms with Gasteiger partial charge >= 0.3 is 0 Å². The van der Waals surface area contributed by atoms with Crippen molar-refractivity contribution >= 4 is 35.0 Å². The number of hydrogen-bond acceptors (Lipinski definition) is 5. The summed E-state index contributed by atoms with van der Waals surface area (Å²) in [5.74, 6) is 0.0307. The van der Waals surface area contributed by atoms with E-state index < -0.39 is 0 Å². The summed E-state index contributed by atoms with van der Waals surface area (Å²) in [4.78, 5) is 30.8. The van der Waals surface area contributed by atoms with Gasteiger partial charge in [-0.15, -0.1) is 0 Å². The van der Waals surface area contributed by atoms with Crippen LogP contribution in [-0.2, 0) is 11.8 Å². The van der Waals surface area contributed by atoms with Crippen molar-refractivity contribution in [2.24, 2.45) is 7.05 Å². The summed E-state index contributed by atoms with van der Waals surface area (Å²) in [5.41, 5.74) is 2.38. The van der Waals surface area contributed by atoms with Gasteiger partial charge in [-0.2, -0.15) is 0 Å². The Kier molecular flexibility index (Phi) is 8.12. The van der Waals surface area contributed by atoms with E-state index in [0.717, 1.165) is 23.8 Å². The number of hydrogen-bond donors (Lipinski definition) is 2. The number of amides is 2. The molecule has 162 valence electrons. The van der Waals surface area contributed by atoms with Crippen molar-refractivity contribution in [2.45, 2.75) is 11.6 Å². The molecule has 0 saturated carbocycles. The lowest BCUT2D eigenvalue weighted by atomic mass is 10.2. The molecular formula is C23H27N5O2S. The first kappa shape index (κ1) is 22.4. The Bertz CT molecular complexity index is 989. The monoisotopic (exact) mass is 437 g/mol. The van der Waals surface area contributed by atoms with Crippen LogP contribution < -0.4 is 15.5 Å². The number of anilines is 2. The molecule has 3 rings (SSSR count). The summed E-state index contributed by atoms with van der Waals surface area (Å²) >= 11 is 1.37. The second kappa shape index (κ2) is 11.2. The van der Waals surface area contributed by atoms with Crippen molar-refractivity contribution in [1.82, 2.24) is 14.9 Å². The predicted molar refractivity (Wildman–Crippen MR) is 126 cm³/mol. The van der Waals surface area contributed by atoms with Crippen LogP contribution in [0.2, 0.25) is 0 Å². The molecule has 31 heavy (non-hydrogen) atoms. The molecule has 2 aromatic carbocycles. The van der Waals surface area contributed by atoms with Gasteiger partial charge in [0.2, 0.25) is 5.91 Å². The lowest BCUT2D eigenvalue weighted by molar-refractivity contribution is -0.113. The minimum Gasteiger partial charge on any atom is -0.375 e. The Balaban J connectivity index is 1.38. The fourth-order valence-electron chi connectivity index (χ4n) is 2.95. The highest BCUT2D eigenvalue weighted by molar-refractivity contribution is 7.99. The fourth-order valence-corrected chi connectivity index (χ4v) is 3.69. The highest BCUT2D eigenvalue weighted by Crippen LogP contribution is 2.16. The van der Waals surface area contributed by atoms with Crippen molar-refractivity contribution < 1.29 is 9.59 Å². The van der Waals surface area contributed by atoms with Crippen LogP contribution in [0.4, 0.5) is 11.4 Å². The first-order chi connectivity index (χ1) is 15.0. The molecule has 7 nitrogen and oxygen atoms in total. The first-order valence-electron chi connectivity index (χ1n) is 10.1. The zero-order valence-electron chi connectivity index (χ0n) is 17.7. The summed E-state index contributed by atoms with van der Waals surface area (Å²) in [5, 5.41) is 6.57. The molecule has 0 aliphatic heterocycles. The molecule has 0 atom stereocenters. The Morgan fingerprint density at radius 3 is 2.52 bits per heavy atom. The van der Waals surface area contributed by atoms with Crippen molar-refractivity contribution in [3.63, 3.8) is 0 Å². The normalized spacial score (nSPS) is 10.5. The van der Waals surface area contributed by atoms with E-state index in [0.29, 0.717) is 17.8 Å². The summed E-state index contributed by atoms with van der Waals surface area (Å²) < 4.78 is 1.87. The van der Waals surface area contributed by atoms with Gasteiger partial charge < -0.3 is 20.1 Å². The molecule has 0 aliphatic carbocycles. The lowest BCUT2D eigenvalue weighted by Gasteiger charge is -2.19. The minimum absolute atomic E-state index is 0.118. The molecular weight excluding hydrogens is 410 g/mol. The molecule has 1 heterocycles. The zero-order chi connectivity index (χ0) is 22.1. The maximum atomic E-state index is 12.3. The third kappa shape index (κ3) is 6.89. The van der Waals surface area contributed by atoms with Gasteiger partial charge in [0.15, 0.2) is 5.16 Å². The number of thioether (sulfide) groups is 1. The van der Waals surface area contributed by atoms with Crippen LogP contribution in [0, 0.1) is 0 Å². The van der Waals surface area contributed by atoms with E-state index in [1.54, 1.807) is 30.5 Å². The molecule has 0 aliphatic rings. The molecule has 2 N–H and O–H groups in total. The zero-order valence-corrected chi connectivity index (χ0v) is 18.6. The second-order valence-electron chi connectivity index (χ2n) is 7.10. The van der Waals surface area contributed by atoms with Crippen LogP contribution >= 0.6 is 11.8 Å². The van der Waals surface area contributed by atoms with E-state index in [1.165, 1.54) is 11.8 Å². The maximum Gasteiger partial charge on any atom is 0.251 e. The Morgan fingerprint density at radius 2 is 1.84 bits per heavy atom. The second-order valence-corrected chi connectivity index (χ2v) is 8.04. The van der Waals surface area contributed by atoms with Crippen LogP contribution in [0.5, 0.6) is 0 Å². The van der Waals surface area contributed by atoms with Gasteiger partial charge in [-0.05, 0) is 42.8 Å². The van der Waals surface area contributed by atoms with Gasteiger partial charge in [0.1, 0.15) is 0 Å². The molecule has 0 unspecified atom stereocenters. The molecule has 0 spiro atoms. The molecule has 0 fully saturated rings. The van der Waals surface area contributed by atoms with Gasteiger partial charge in [0.25, 0.3) is 5.91 Å². The number of nitrogens with one attached hydrogen (secondary N) is 2. The van der Waals surface area contributed by atoms with Gasteiger partial charge in [0.05, 0.1) is 5.75 Å². The highest BCUT2D eigenvalue weighted by Gasteiger charge is 2.09. The number of carbonyl (C=O) groups excluding carboxylic acids is 2. The summed E-state index contributed by atoms with van der Waals surface area (Å²) in [7, 11) is 3.93. The van der Waals surface area contributed by atoms with Crippen molar-refractivity contribution in [3.05, 3.63) is 72.6 Å².